The van der Waals surface area contributed by atoms with Crippen molar-refractivity contribution in [2.45, 2.75) is 61.8 Å². The molecular formula is C14H21BrO. The van der Waals surface area contributed by atoms with Crippen molar-refractivity contribution in [2.75, 3.05) is 0 Å². The molecule has 0 heterocycles. The molecule has 4 fully saturated rings. The first-order valence-corrected chi connectivity index (χ1v) is 7.90. The van der Waals surface area contributed by atoms with E-state index in [2.05, 4.69) is 15.9 Å². The monoisotopic (exact) mass is 284 g/mol. The fourth-order valence-corrected chi connectivity index (χ4v) is 7.24. The van der Waals surface area contributed by atoms with E-state index in [-0.39, 0.29) is 6.10 Å². The van der Waals surface area contributed by atoms with Crippen molar-refractivity contribution in [3.05, 3.63) is 0 Å². The van der Waals surface area contributed by atoms with Gasteiger partial charge in [-0.25, -0.2) is 0 Å². The van der Waals surface area contributed by atoms with Gasteiger partial charge in [0.25, 0.3) is 0 Å². The first kappa shape index (κ1) is 10.4. The Hall–Kier alpha value is 0.440. The lowest BCUT2D eigenvalue weighted by atomic mass is 9.74. The summed E-state index contributed by atoms with van der Waals surface area (Å²) in [6.07, 6.45) is 10.8. The molecule has 16 heavy (non-hydrogen) atoms. The Morgan fingerprint density at radius 2 is 1.56 bits per heavy atom. The van der Waals surface area contributed by atoms with Gasteiger partial charge < -0.3 is 5.11 Å². The highest BCUT2D eigenvalue weighted by atomic mass is 79.9. The quantitative estimate of drug-likeness (QED) is 0.770. The molecule has 0 aliphatic heterocycles. The van der Waals surface area contributed by atoms with Gasteiger partial charge >= 0.3 is 0 Å². The number of fused-ring (bicyclic) bond motifs is 2. The van der Waals surface area contributed by atoms with Gasteiger partial charge in [0.15, 0.2) is 0 Å². The first-order valence-electron chi connectivity index (χ1n) is 7.11. The Bertz CT molecular complexity index is 309. The third-order valence-corrected chi connectivity index (χ3v) is 8.03. The zero-order valence-corrected chi connectivity index (χ0v) is 11.4. The molecule has 0 amide bonds. The highest BCUT2D eigenvalue weighted by Gasteiger charge is 2.98. The number of alkyl halides is 1. The van der Waals surface area contributed by atoms with Crippen LogP contribution in [-0.4, -0.2) is 15.5 Å². The van der Waals surface area contributed by atoms with Crippen molar-refractivity contribution < 1.29 is 5.11 Å². The summed E-state index contributed by atoms with van der Waals surface area (Å²) in [6, 6.07) is 0. The van der Waals surface area contributed by atoms with Crippen molar-refractivity contribution in [3.8, 4) is 0 Å². The molecule has 3 atom stereocenters. The summed E-state index contributed by atoms with van der Waals surface area (Å²) < 4.78 is 0.412. The SMILES string of the molecule is OC(C1CCCCC1)C12C3CCCC1C32Br. The van der Waals surface area contributed by atoms with E-state index in [1.165, 1.54) is 51.4 Å². The van der Waals surface area contributed by atoms with Crippen LogP contribution in [0.15, 0.2) is 0 Å². The van der Waals surface area contributed by atoms with Crippen molar-refractivity contribution in [1.29, 1.82) is 0 Å². The van der Waals surface area contributed by atoms with Gasteiger partial charge in [0.05, 0.1) is 6.10 Å². The van der Waals surface area contributed by atoms with Crippen molar-refractivity contribution in [2.24, 2.45) is 23.2 Å². The Labute approximate surface area is 106 Å². The van der Waals surface area contributed by atoms with Crippen LogP contribution in [0.4, 0.5) is 0 Å². The topological polar surface area (TPSA) is 20.2 Å². The number of aliphatic hydroxyl groups is 1. The average Bonchev–Trinajstić information content (AvgIpc) is 3.14. The summed E-state index contributed by atoms with van der Waals surface area (Å²) in [5, 5.41) is 10.8. The van der Waals surface area contributed by atoms with Crippen LogP contribution in [0.5, 0.6) is 0 Å². The summed E-state index contributed by atoms with van der Waals surface area (Å²) in [7, 11) is 0. The lowest BCUT2D eigenvalue weighted by molar-refractivity contribution is 0.0129. The van der Waals surface area contributed by atoms with Crippen LogP contribution in [0, 0.1) is 23.2 Å². The lowest BCUT2D eigenvalue weighted by Gasteiger charge is -2.34. The number of halogens is 1. The summed E-state index contributed by atoms with van der Waals surface area (Å²) in [6.45, 7) is 0. The van der Waals surface area contributed by atoms with E-state index in [4.69, 9.17) is 0 Å². The Morgan fingerprint density at radius 3 is 2.12 bits per heavy atom. The molecule has 1 N–H and O–H groups in total. The first-order chi connectivity index (χ1) is 7.74. The van der Waals surface area contributed by atoms with Gasteiger partial charge in [-0.2, -0.15) is 0 Å². The molecule has 0 aromatic rings. The van der Waals surface area contributed by atoms with Crippen LogP contribution < -0.4 is 0 Å². The fraction of sp³-hybridized carbons (Fsp3) is 1.00. The Kier molecular flexibility index (Phi) is 1.98. The molecule has 4 saturated carbocycles. The molecule has 2 heteroatoms. The minimum atomic E-state index is 0.0162. The molecule has 0 aromatic heterocycles. The second kappa shape index (κ2) is 3.06. The zero-order chi connectivity index (χ0) is 11.0. The van der Waals surface area contributed by atoms with E-state index in [1.807, 2.05) is 0 Å². The van der Waals surface area contributed by atoms with E-state index in [1.54, 1.807) is 0 Å². The van der Waals surface area contributed by atoms with Gasteiger partial charge in [-0.3, -0.25) is 0 Å². The third-order valence-electron chi connectivity index (χ3n) is 6.24. The minimum Gasteiger partial charge on any atom is -0.392 e. The van der Waals surface area contributed by atoms with Gasteiger partial charge in [-0.05, 0) is 43.4 Å². The van der Waals surface area contributed by atoms with Crippen molar-refractivity contribution >= 4 is 15.9 Å². The van der Waals surface area contributed by atoms with Gasteiger partial charge in [0, 0.05) is 9.74 Å². The Morgan fingerprint density at radius 1 is 0.938 bits per heavy atom. The van der Waals surface area contributed by atoms with E-state index in [9.17, 15) is 5.11 Å². The largest absolute Gasteiger partial charge is 0.392 e. The van der Waals surface area contributed by atoms with E-state index >= 15 is 0 Å². The van der Waals surface area contributed by atoms with Crippen LogP contribution in [0.3, 0.4) is 0 Å². The minimum absolute atomic E-state index is 0.0162. The molecule has 0 saturated heterocycles. The van der Waals surface area contributed by atoms with Crippen molar-refractivity contribution in [3.63, 3.8) is 0 Å². The van der Waals surface area contributed by atoms with Crippen LogP contribution in [0.2, 0.25) is 0 Å². The molecule has 4 rings (SSSR count). The molecule has 4 aliphatic rings. The van der Waals surface area contributed by atoms with Crippen LogP contribution in [-0.2, 0) is 0 Å². The third kappa shape index (κ3) is 0.913. The number of hydrogen-bond acceptors (Lipinski definition) is 1. The zero-order valence-electron chi connectivity index (χ0n) is 9.79. The van der Waals surface area contributed by atoms with Crippen LogP contribution >= 0.6 is 15.9 Å². The molecule has 0 radical (unpaired) electrons. The number of aliphatic hydroxyl groups excluding tert-OH is 1. The smallest absolute Gasteiger partial charge is 0.0644 e. The predicted octanol–water partition coefficient (Wildman–Crippen LogP) is 3.49. The van der Waals surface area contributed by atoms with Crippen molar-refractivity contribution in [1.82, 2.24) is 0 Å². The average molecular weight is 285 g/mol. The second-order valence-electron chi connectivity index (χ2n) is 6.58. The molecule has 3 unspecified atom stereocenters. The van der Waals surface area contributed by atoms with E-state index in [0.717, 1.165) is 11.8 Å². The Balaban J connectivity index is 1.55. The van der Waals surface area contributed by atoms with Gasteiger partial charge in [0.2, 0.25) is 0 Å². The predicted molar refractivity (Wildman–Crippen MR) is 67.5 cm³/mol. The molecule has 90 valence electrons. The van der Waals surface area contributed by atoms with Crippen LogP contribution in [0.1, 0.15) is 51.4 Å². The molecule has 0 aromatic carbocycles. The molecular weight excluding hydrogens is 264 g/mol. The summed E-state index contributed by atoms with van der Waals surface area (Å²) in [5.41, 5.74) is 0.354. The van der Waals surface area contributed by atoms with Gasteiger partial charge in [-0.15, -0.1) is 0 Å². The summed E-state index contributed by atoms with van der Waals surface area (Å²) in [4.78, 5) is 0. The standard InChI is InChI=1S/C14H21BrO/c15-14-10-7-4-8-11(14)13(10,14)12(16)9-5-2-1-3-6-9/h9-12,16H,1-8H2. The lowest BCUT2D eigenvalue weighted by Crippen LogP contribution is -2.34. The maximum Gasteiger partial charge on any atom is 0.0644 e. The molecule has 4 aliphatic carbocycles. The van der Waals surface area contributed by atoms with Gasteiger partial charge in [0.1, 0.15) is 0 Å². The molecule has 0 spiro atoms. The summed E-state index contributed by atoms with van der Waals surface area (Å²) >= 11 is 3.97. The number of hydrogen-bond donors (Lipinski definition) is 1. The fourth-order valence-electron chi connectivity index (χ4n) is 5.46. The summed E-state index contributed by atoms with van der Waals surface area (Å²) in [5.74, 6) is 2.28. The second-order valence-corrected chi connectivity index (χ2v) is 7.89. The van der Waals surface area contributed by atoms with E-state index < -0.39 is 0 Å². The maximum atomic E-state index is 10.8. The number of rotatable bonds is 2. The molecule has 0 bridgehead atoms. The van der Waals surface area contributed by atoms with Crippen LogP contribution in [0.25, 0.3) is 0 Å². The maximum absolute atomic E-state index is 10.8. The normalized spacial score (nSPS) is 56.6. The highest BCUT2D eigenvalue weighted by Crippen LogP contribution is 2.96. The van der Waals surface area contributed by atoms with Gasteiger partial charge in [-0.1, -0.05) is 41.6 Å². The highest BCUT2D eigenvalue weighted by molar-refractivity contribution is 9.10. The van der Waals surface area contributed by atoms with E-state index in [0.29, 0.717) is 15.7 Å². The molecule has 1 nitrogen and oxygen atoms in total.